The van der Waals surface area contributed by atoms with Crippen LogP contribution in [0.1, 0.15) is 12.0 Å². The monoisotopic (exact) mass is 390 g/mol. The van der Waals surface area contributed by atoms with Gasteiger partial charge in [0.05, 0.1) is 16.7 Å². The molecule has 140 valence electrons. The van der Waals surface area contributed by atoms with Gasteiger partial charge in [-0.25, -0.2) is 13.7 Å². The maximum absolute atomic E-state index is 13.4. The lowest BCUT2D eigenvalue weighted by atomic mass is 10.2. The molecule has 1 N–H and O–H groups in total. The summed E-state index contributed by atoms with van der Waals surface area (Å²) in [5, 5.41) is 1.97. The highest BCUT2D eigenvalue weighted by Crippen LogP contribution is 2.30. The maximum Gasteiger partial charge on any atom is 0.247 e. The molecule has 1 atom stereocenters. The van der Waals surface area contributed by atoms with Crippen LogP contribution in [-0.2, 0) is 14.4 Å². The Bertz CT molecular complexity index is 902. The summed E-state index contributed by atoms with van der Waals surface area (Å²) in [7, 11) is 0. The molecule has 1 aliphatic heterocycles. The van der Waals surface area contributed by atoms with Gasteiger partial charge in [0.1, 0.15) is 0 Å². The number of nitrogens with zero attached hydrogens (tertiary/aromatic N) is 1. The molecule has 3 amide bonds. The summed E-state index contributed by atoms with van der Waals surface area (Å²) in [4.78, 5) is 37.5. The number of nitrogens with one attached hydrogen (secondary N) is 1. The zero-order chi connectivity index (χ0) is 19.6. The summed E-state index contributed by atoms with van der Waals surface area (Å²) in [5.74, 6) is -3.56. The second-order valence-electron chi connectivity index (χ2n) is 6.08. The fraction of sp³-hybridized carbons (Fsp3) is 0.211. The normalized spacial score (nSPS) is 16.7. The number of carbonyl (C=O) groups is 3. The van der Waals surface area contributed by atoms with Crippen molar-refractivity contribution < 1.29 is 23.2 Å². The van der Waals surface area contributed by atoms with Crippen LogP contribution in [0.15, 0.2) is 42.5 Å². The highest BCUT2D eigenvalue weighted by atomic mass is 32.2. The molecule has 1 fully saturated rings. The minimum Gasteiger partial charge on any atom is -0.325 e. The number of halogens is 2. The van der Waals surface area contributed by atoms with Crippen LogP contribution in [-0.4, -0.2) is 28.7 Å². The number of aryl methyl sites for hydroxylation is 1. The van der Waals surface area contributed by atoms with E-state index < -0.39 is 28.7 Å². The lowest BCUT2D eigenvalue weighted by Crippen LogP contribution is -2.31. The molecule has 2 aromatic rings. The van der Waals surface area contributed by atoms with Gasteiger partial charge in [-0.2, -0.15) is 0 Å². The molecule has 0 radical (unpaired) electrons. The molecule has 0 aromatic heterocycles. The number of carbonyl (C=O) groups excluding carboxylic acids is 3. The summed E-state index contributed by atoms with van der Waals surface area (Å²) in [6.07, 6.45) is -0.0969. The van der Waals surface area contributed by atoms with Crippen LogP contribution >= 0.6 is 11.8 Å². The average Bonchev–Trinajstić information content (AvgIpc) is 2.91. The van der Waals surface area contributed by atoms with Crippen LogP contribution in [0.2, 0.25) is 0 Å². The van der Waals surface area contributed by atoms with Crippen LogP contribution in [0.3, 0.4) is 0 Å². The zero-order valence-electron chi connectivity index (χ0n) is 14.4. The van der Waals surface area contributed by atoms with Crippen molar-refractivity contribution in [3.63, 3.8) is 0 Å². The van der Waals surface area contributed by atoms with E-state index in [0.717, 1.165) is 34.4 Å². The third kappa shape index (κ3) is 4.33. The Morgan fingerprint density at radius 1 is 1.15 bits per heavy atom. The van der Waals surface area contributed by atoms with Gasteiger partial charge in [-0.05, 0) is 31.2 Å². The van der Waals surface area contributed by atoms with Crippen LogP contribution in [0.5, 0.6) is 0 Å². The number of benzene rings is 2. The van der Waals surface area contributed by atoms with Gasteiger partial charge in [0.25, 0.3) is 0 Å². The predicted octanol–water partition coefficient (Wildman–Crippen LogP) is 3.28. The lowest BCUT2D eigenvalue weighted by molar-refractivity contribution is -0.121. The van der Waals surface area contributed by atoms with Gasteiger partial charge in [-0.1, -0.05) is 17.7 Å². The molecule has 0 bridgehead atoms. The Morgan fingerprint density at radius 3 is 2.52 bits per heavy atom. The quantitative estimate of drug-likeness (QED) is 0.796. The summed E-state index contributed by atoms with van der Waals surface area (Å²) >= 11 is 1.04. The standard InChI is InChI=1S/C19H16F2N2O3S/c1-11-2-4-12(5-3-11)22-17(24)10-27-16-9-18(25)23(19(16)26)13-6-7-14(20)15(21)8-13/h2-8,16H,9-10H2,1H3,(H,22,24)/t16-/m0/s1. The molecule has 27 heavy (non-hydrogen) atoms. The van der Waals surface area contributed by atoms with Gasteiger partial charge in [-0.15, -0.1) is 11.8 Å². The highest BCUT2D eigenvalue weighted by Gasteiger charge is 2.40. The van der Waals surface area contributed by atoms with Crippen LogP contribution in [0.25, 0.3) is 0 Å². The smallest absolute Gasteiger partial charge is 0.247 e. The van der Waals surface area contributed by atoms with E-state index in [2.05, 4.69) is 5.32 Å². The first-order valence-electron chi connectivity index (χ1n) is 8.15. The lowest BCUT2D eigenvalue weighted by Gasteiger charge is -2.15. The third-order valence-corrected chi connectivity index (χ3v) is 5.22. The minimum atomic E-state index is -1.14. The van der Waals surface area contributed by atoms with Crippen molar-refractivity contribution in [2.45, 2.75) is 18.6 Å². The van der Waals surface area contributed by atoms with Gasteiger partial charge >= 0.3 is 0 Å². The van der Waals surface area contributed by atoms with Crippen molar-refractivity contribution in [3.05, 3.63) is 59.7 Å². The summed E-state index contributed by atoms with van der Waals surface area (Å²) in [6, 6.07) is 10.1. The van der Waals surface area contributed by atoms with Gasteiger partial charge in [0, 0.05) is 18.2 Å². The molecule has 0 spiro atoms. The summed E-state index contributed by atoms with van der Waals surface area (Å²) in [5.41, 5.74) is 1.69. The van der Waals surface area contributed by atoms with E-state index in [0.29, 0.717) is 5.69 Å². The molecular weight excluding hydrogens is 374 g/mol. The minimum absolute atomic E-state index is 0.0107. The van der Waals surface area contributed by atoms with E-state index in [4.69, 9.17) is 0 Å². The molecule has 3 rings (SSSR count). The van der Waals surface area contributed by atoms with E-state index >= 15 is 0 Å². The van der Waals surface area contributed by atoms with Crippen LogP contribution in [0, 0.1) is 18.6 Å². The molecular formula is C19H16F2N2O3S. The largest absolute Gasteiger partial charge is 0.325 e. The second kappa shape index (κ2) is 7.87. The molecule has 0 unspecified atom stereocenters. The number of amides is 3. The van der Waals surface area contributed by atoms with Crippen molar-refractivity contribution in [1.82, 2.24) is 0 Å². The zero-order valence-corrected chi connectivity index (χ0v) is 15.2. The topological polar surface area (TPSA) is 66.5 Å². The molecule has 1 aliphatic rings. The highest BCUT2D eigenvalue weighted by molar-refractivity contribution is 8.01. The SMILES string of the molecule is Cc1ccc(NC(=O)CS[C@H]2CC(=O)N(c3ccc(F)c(F)c3)C2=O)cc1. The van der Waals surface area contributed by atoms with E-state index in [9.17, 15) is 23.2 Å². The third-order valence-electron chi connectivity index (χ3n) is 4.02. The first-order valence-corrected chi connectivity index (χ1v) is 9.20. The van der Waals surface area contributed by atoms with Gasteiger partial charge < -0.3 is 5.32 Å². The number of hydrogen-bond acceptors (Lipinski definition) is 4. The molecule has 1 heterocycles. The molecule has 2 aromatic carbocycles. The Morgan fingerprint density at radius 2 is 1.85 bits per heavy atom. The fourth-order valence-corrected chi connectivity index (χ4v) is 3.57. The first-order chi connectivity index (χ1) is 12.8. The number of rotatable bonds is 5. The summed E-state index contributed by atoms with van der Waals surface area (Å²) < 4.78 is 26.4. The molecule has 8 heteroatoms. The average molecular weight is 390 g/mol. The molecule has 5 nitrogen and oxygen atoms in total. The fourth-order valence-electron chi connectivity index (χ4n) is 2.64. The maximum atomic E-state index is 13.4. The van der Waals surface area contributed by atoms with E-state index in [1.165, 1.54) is 6.07 Å². The van der Waals surface area contributed by atoms with Crippen molar-refractivity contribution >= 4 is 40.9 Å². The van der Waals surface area contributed by atoms with Crippen molar-refractivity contribution in [2.75, 3.05) is 16.0 Å². The predicted molar refractivity (Wildman–Crippen MR) is 99.5 cm³/mol. The second-order valence-corrected chi connectivity index (χ2v) is 7.27. The molecule has 0 aliphatic carbocycles. The Hall–Kier alpha value is -2.74. The Kier molecular flexibility index (Phi) is 5.55. The van der Waals surface area contributed by atoms with Crippen LogP contribution in [0.4, 0.5) is 20.2 Å². The number of imide groups is 1. The Balaban J connectivity index is 1.60. The van der Waals surface area contributed by atoms with Crippen molar-refractivity contribution in [3.8, 4) is 0 Å². The van der Waals surface area contributed by atoms with E-state index in [-0.39, 0.29) is 23.8 Å². The van der Waals surface area contributed by atoms with Crippen LogP contribution < -0.4 is 10.2 Å². The van der Waals surface area contributed by atoms with Crippen molar-refractivity contribution in [1.29, 1.82) is 0 Å². The van der Waals surface area contributed by atoms with Crippen molar-refractivity contribution in [2.24, 2.45) is 0 Å². The van der Waals surface area contributed by atoms with Gasteiger partial charge in [0.15, 0.2) is 11.6 Å². The first kappa shape index (κ1) is 19.0. The summed E-state index contributed by atoms with van der Waals surface area (Å²) in [6.45, 7) is 1.93. The number of anilines is 2. The van der Waals surface area contributed by atoms with E-state index in [1.54, 1.807) is 12.1 Å². The Labute approximate surface area is 158 Å². The molecule has 0 saturated carbocycles. The van der Waals surface area contributed by atoms with Gasteiger partial charge in [-0.3, -0.25) is 14.4 Å². The van der Waals surface area contributed by atoms with Gasteiger partial charge in [0.2, 0.25) is 17.7 Å². The number of hydrogen-bond donors (Lipinski definition) is 1. The van der Waals surface area contributed by atoms with E-state index in [1.807, 2.05) is 19.1 Å². The number of thioether (sulfide) groups is 1. The molecule has 1 saturated heterocycles.